The number of nitrogens with zero attached hydrogens (tertiary/aromatic N) is 3. The lowest BCUT2D eigenvalue weighted by atomic mass is 10.3. The summed E-state index contributed by atoms with van der Waals surface area (Å²) in [6.07, 6.45) is 3.15. The Hall–Kier alpha value is -3.09. The van der Waals surface area contributed by atoms with Gasteiger partial charge in [0, 0.05) is 6.20 Å². The van der Waals surface area contributed by atoms with E-state index in [2.05, 4.69) is 9.97 Å². The van der Waals surface area contributed by atoms with Gasteiger partial charge in [0.2, 0.25) is 0 Å². The highest BCUT2D eigenvalue weighted by molar-refractivity contribution is 5.93. The van der Waals surface area contributed by atoms with E-state index in [0.717, 1.165) is 0 Å². The zero-order chi connectivity index (χ0) is 14.8. The molecule has 3 heterocycles. The van der Waals surface area contributed by atoms with E-state index in [9.17, 15) is 9.90 Å². The molecule has 0 aliphatic rings. The van der Waals surface area contributed by atoms with Gasteiger partial charge in [0.15, 0.2) is 17.4 Å². The van der Waals surface area contributed by atoms with Gasteiger partial charge in [-0.1, -0.05) is 6.07 Å². The number of hydrogen-bond acceptors (Lipinski definition) is 5. The van der Waals surface area contributed by atoms with Crippen LogP contribution in [0.25, 0.3) is 5.52 Å². The van der Waals surface area contributed by atoms with Crippen molar-refractivity contribution in [1.82, 2.24) is 14.4 Å². The lowest BCUT2D eigenvalue weighted by molar-refractivity contribution is 0.0693. The molecule has 21 heavy (non-hydrogen) atoms. The largest absolute Gasteiger partial charge is 0.494 e. The third-order valence-corrected chi connectivity index (χ3v) is 2.92. The fraction of sp³-hybridized carbons (Fsp3) is 0.0714. The van der Waals surface area contributed by atoms with Crippen LogP contribution in [0, 0.1) is 0 Å². The van der Waals surface area contributed by atoms with Crippen molar-refractivity contribution in [2.75, 3.05) is 0 Å². The number of aromatic hydroxyl groups is 1. The first kappa shape index (κ1) is 12.9. The predicted molar refractivity (Wildman–Crippen MR) is 72.4 cm³/mol. The van der Waals surface area contributed by atoms with Gasteiger partial charge in [-0.05, 0) is 24.3 Å². The molecule has 3 aromatic rings. The summed E-state index contributed by atoms with van der Waals surface area (Å²) in [5.41, 5.74) is 0.183. The molecule has 0 aliphatic heterocycles. The molecule has 0 bridgehead atoms. The highest BCUT2D eigenvalue weighted by atomic mass is 16.5. The van der Waals surface area contributed by atoms with Crippen molar-refractivity contribution in [3.63, 3.8) is 0 Å². The summed E-state index contributed by atoms with van der Waals surface area (Å²) >= 11 is 0. The lowest BCUT2D eigenvalue weighted by Gasteiger charge is -2.06. The monoisotopic (exact) mass is 285 g/mol. The van der Waals surface area contributed by atoms with E-state index >= 15 is 0 Å². The molecule has 0 saturated carbocycles. The number of hydrogen-bond donors (Lipinski definition) is 2. The molecule has 0 spiro atoms. The highest BCUT2D eigenvalue weighted by Crippen LogP contribution is 2.21. The Morgan fingerprint density at radius 2 is 2.14 bits per heavy atom. The van der Waals surface area contributed by atoms with Crippen LogP contribution in [0.3, 0.4) is 0 Å². The van der Waals surface area contributed by atoms with Crippen molar-refractivity contribution in [1.29, 1.82) is 0 Å². The fourth-order valence-corrected chi connectivity index (χ4v) is 2.02. The van der Waals surface area contributed by atoms with Crippen molar-refractivity contribution in [3.05, 3.63) is 54.2 Å². The number of imidazole rings is 1. The Labute approximate surface area is 119 Å². The zero-order valence-electron chi connectivity index (χ0n) is 10.8. The quantitative estimate of drug-likeness (QED) is 0.757. The maximum atomic E-state index is 11.2. The Kier molecular flexibility index (Phi) is 3.15. The first-order valence-corrected chi connectivity index (χ1v) is 6.12. The molecule has 7 nitrogen and oxygen atoms in total. The number of pyridine rings is 2. The third-order valence-electron chi connectivity index (χ3n) is 2.92. The van der Waals surface area contributed by atoms with E-state index in [1.165, 1.54) is 16.7 Å². The van der Waals surface area contributed by atoms with E-state index in [0.29, 0.717) is 17.1 Å². The van der Waals surface area contributed by atoms with Crippen LogP contribution in [0.1, 0.15) is 16.3 Å². The summed E-state index contributed by atoms with van der Waals surface area (Å²) in [4.78, 5) is 19.1. The minimum absolute atomic E-state index is 0.0116. The minimum atomic E-state index is -1.16. The summed E-state index contributed by atoms with van der Waals surface area (Å²) in [6, 6.07) is 8.03. The van der Waals surface area contributed by atoms with Crippen molar-refractivity contribution in [3.8, 4) is 11.6 Å². The number of carboxylic acid groups (broad SMARTS) is 1. The van der Waals surface area contributed by atoms with Crippen LogP contribution in [0.2, 0.25) is 0 Å². The van der Waals surface area contributed by atoms with Gasteiger partial charge < -0.3 is 14.9 Å². The summed E-state index contributed by atoms with van der Waals surface area (Å²) in [6.45, 7) is 0.0116. The van der Waals surface area contributed by atoms with Crippen molar-refractivity contribution >= 4 is 11.5 Å². The summed E-state index contributed by atoms with van der Waals surface area (Å²) in [7, 11) is 0. The highest BCUT2D eigenvalue weighted by Gasteiger charge is 2.18. The van der Waals surface area contributed by atoms with Crippen LogP contribution in [0.4, 0.5) is 0 Å². The Bertz CT molecular complexity index is 799. The van der Waals surface area contributed by atoms with Gasteiger partial charge in [0.25, 0.3) is 0 Å². The second-order valence-corrected chi connectivity index (χ2v) is 4.26. The number of ether oxygens (including phenoxy) is 1. The average Bonchev–Trinajstić information content (AvgIpc) is 2.87. The third kappa shape index (κ3) is 2.36. The van der Waals surface area contributed by atoms with Gasteiger partial charge in [0.1, 0.15) is 12.4 Å². The molecule has 0 saturated heterocycles. The topological polar surface area (TPSA) is 97.0 Å². The molecule has 7 heteroatoms. The minimum Gasteiger partial charge on any atom is -0.494 e. The van der Waals surface area contributed by atoms with E-state index in [1.807, 2.05) is 0 Å². The molecule has 0 amide bonds. The maximum Gasteiger partial charge on any atom is 0.356 e. The second-order valence-electron chi connectivity index (χ2n) is 4.26. The predicted octanol–water partition coefficient (Wildman–Crippen LogP) is 1.71. The average molecular weight is 285 g/mol. The fourth-order valence-electron chi connectivity index (χ4n) is 2.02. The number of carbonyl (C=O) groups is 1. The molecule has 0 fully saturated rings. The SMILES string of the molecule is O=C(O)c1nc(COc2cccnc2)n2c(O)cccc12. The number of carboxylic acids is 1. The standard InChI is InChI=1S/C14H11N3O4/c18-12-5-1-4-10-13(14(19)20)16-11(17(10)12)8-21-9-3-2-6-15-7-9/h1-7,18H,8H2,(H,19,20). The van der Waals surface area contributed by atoms with Gasteiger partial charge >= 0.3 is 5.97 Å². The molecular weight excluding hydrogens is 274 g/mol. The van der Waals surface area contributed by atoms with Gasteiger partial charge in [-0.2, -0.15) is 0 Å². The van der Waals surface area contributed by atoms with Crippen LogP contribution in [0.15, 0.2) is 42.7 Å². The first-order valence-electron chi connectivity index (χ1n) is 6.12. The molecule has 0 aliphatic carbocycles. The van der Waals surface area contributed by atoms with Crippen molar-refractivity contribution in [2.24, 2.45) is 0 Å². The molecule has 0 atom stereocenters. The van der Waals surface area contributed by atoms with E-state index < -0.39 is 5.97 Å². The van der Waals surface area contributed by atoms with Crippen LogP contribution >= 0.6 is 0 Å². The van der Waals surface area contributed by atoms with Crippen LogP contribution in [-0.4, -0.2) is 30.6 Å². The van der Waals surface area contributed by atoms with Crippen molar-refractivity contribution in [2.45, 2.75) is 6.61 Å². The van der Waals surface area contributed by atoms with Crippen molar-refractivity contribution < 1.29 is 19.7 Å². The Morgan fingerprint density at radius 1 is 1.29 bits per heavy atom. The summed E-state index contributed by atoms with van der Waals surface area (Å²) in [5, 5.41) is 19.1. The summed E-state index contributed by atoms with van der Waals surface area (Å²) in [5.74, 6) is -0.436. The molecule has 3 rings (SSSR count). The molecule has 3 aromatic heterocycles. The zero-order valence-corrected chi connectivity index (χ0v) is 10.8. The van der Waals surface area contributed by atoms with Crippen LogP contribution in [-0.2, 0) is 6.61 Å². The van der Waals surface area contributed by atoms with Gasteiger partial charge in [-0.3, -0.25) is 9.38 Å². The van der Waals surface area contributed by atoms with Gasteiger partial charge in [0.05, 0.1) is 11.7 Å². The molecule has 106 valence electrons. The van der Waals surface area contributed by atoms with E-state index in [-0.39, 0.29) is 18.2 Å². The van der Waals surface area contributed by atoms with Gasteiger partial charge in [-0.15, -0.1) is 0 Å². The molecule has 2 N–H and O–H groups in total. The summed E-state index contributed by atoms with van der Waals surface area (Å²) < 4.78 is 6.85. The van der Waals surface area contributed by atoms with Crippen LogP contribution in [0.5, 0.6) is 11.6 Å². The Balaban J connectivity index is 2.00. The lowest BCUT2D eigenvalue weighted by Crippen LogP contribution is -2.02. The first-order chi connectivity index (χ1) is 10.2. The van der Waals surface area contributed by atoms with E-state index in [4.69, 9.17) is 9.84 Å². The molecule has 0 radical (unpaired) electrons. The number of rotatable bonds is 4. The Morgan fingerprint density at radius 3 is 2.86 bits per heavy atom. The normalized spacial score (nSPS) is 10.7. The molecule has 0 unspecified atom stereocenters. The number of aromatic carboxylic acids is 1. The smallest absolute Gasteiger partial charge is 0.356 e. The number of fused-ring (bicyclic) bond motifs is 1. The molecular formula is C14H11N3O4. The molecule has 0 aromatic carbocycles. The second kappa shape index (κ2) is 5.12. The van der Waals surface area contributed by atoms with Crippen LogP contribution < -0.4 is 4.74 Å². The van der Waals surface area contributed by atoms with E-state index in [1.54, 1.807) is 30.5 Å². The van der Waals surface area contributed by atoms with Gasteiger partial charge in [-0.25, -0.2) is 9.78 Å². The number of aromatic nitrogens is 3. The maximum absolute atomic E-state index is 11.2.